The van der Waals surface area contributed by atoms with E-state index in [2.05, 4.69) is 21.9 Å². The van der Waals surface area contributed by atoms with Crippen LogP contribution < -0.4 is 4.74 Å². The molecule has 2 amide bonds. The van der Waals surface area contributed by atoms with Crippen molar-refractivity contribution in [1.29, 1.82) is 0 Å². The van der Waals surface area contributed by atoms with Gasteiger partial charge in [0, 0.05) is 31.6 Å². The molecule has 27 heavy (non-hydrogen) atoms. The number of fused-ring (bicyclic) bond motifs is 2. The van der Waals surface area contributed by atoms with Crippen molar-refractivity contribution in [3.05, 3.63) is 29.8 Å². The van der Waals surface area contributed by atoms with Crippen LogP contribution >= 0.6 is 0 Å². The van der Waals surface area contributed by atoms with Gasteiger partial charge in [0.1, 0.15) is 5.75 Å². The van der Waals surface area contributed by atoms with Gasteiger partial charge in [-0.15, -0.1) is 0 Å². The summed E-state index contributed by atoms with van der Waals surface area (Å²) in [7, 11) is 1.70. The number of urea groups is 1. The number of carbonyl (C=O) groups is 1. The van der Waals surface area contributed by atoms with E-state index in [1.54, 1.807) is 7.11 Å². The first-order chi connectivity index (χ1) is 13.3. The van der Waals surface area contributed by atoms with Crippen LogP contribution in [0.2, 0.25) is 0 Å². The molecule has 2 bridgehead atoms. The highest BCUT2D eigenvalue weighted by Gasteiger charge is 2.55. The topological polar surface area (TPSA) is 45.3 Å². The van der Waals surface area contributed by atoms with Crippen LogP contribution in [-0.2, 0) is 4.74 Å². The Balaban J connectivity index is 1.45. The van der Waals surface area contributed by atoms with E-state index in [1.807, 2.05) is 17.0 Å². The molecule has 1 aromatic carbocycles. The minimum absolute atomic E-state index is 0.220. The summed E-state index contributed by atoms with van der Waals surface area (Å²) in [6.45, 7) is 5.93. The number of methoxy groups -OCH3 is 1. The fraction of sp³-hybridized carbons (Fsp3) is 0.667. The standard InChI is InChI=1S/C21H29N3O3/c1-26-17-4-2-15(3-5-17)18-14-24(21(25)23-10-12-27-13-11-23)19-16-6-8-22(9-7-16)20(18)19/h2-5,16,18-20H,6-14H2,1H3/t18-,19+,20+/m0/s1. The predicted molar refractivity (Wildman–Crippen MR) is 102 cm³/mol. The van der Waals surface area contributed by atoms with Crippen molar-refractivity contribution >= 4 is 6.03 Å². The van der Waals surface area contributed by atoms with Gasteiger partial charge in [-0.25, -0.2) is 4.79 Å². The van der Waals surface area contributed by atoms with E-state index in [0.29, 0.717) is 50.2 Å². The first-order valence-electron chi connectivity index (χ1n) is 10.3. The van der Waals surface area contributed by atoms with E-state index in [-0.39, 0.29) is 6.03 Å². The average molecular weight is 371 g/mol. The first kappa shape index (κ1) is 17.3. The van der Waals surface area contributed by atoms with Crippen LogP contribution in [0.15, 0.2) is 24.3 Å². The minimum Gasteiger partial charge on any atom is -0.497 e. The smallest absolute Gasteiger partial charge is 0.320 e. The molecule has 0 spiro atoms. The molecule has 0 aromatic heterocycles. The van der Waals surface area contributed by atoms with Crippen LogP contribution in [0, 0.1) is 5.92 Å². The number of carbonyl (C=O) groups excluding carboxylic acids is 1. The van der Waals surface area contributed by atoms with E-state index >= 15 is 0 Å². The number of rotatable bonds is 2. The summed E-state index contributed by atoms with van der Waals surface area (Å²) in [6.07, 6.45) is 2.45. The van der Waals surface area contributed by atoms with Gasteiger partial charge in [0.2, 0.25) is 0 Å². The second-order valence-corrected chi connectivity index (χ2v) is 8.27. The molecule has 146 valence electrons. The number of hydrogen-bond acceptors (Lipinski definition) is 4. The van der Waals surface area contributed by atoms with Gasteiger partial charge < -0.3 is 19.3 Å². The van der Waals surface area contributed by atoms with Gasteiger partial charge in [0.15, 0.2) is 0 Å². The lowest BCUT2D eigenvalue weighted by atomic mass is 9.75. The summed E-state index contributed by atoms with van der Waals surface area (Å²) >= 11 is 0. The Kier molecular flexibility index (Phi) is 4.48. The first-order valence-corrected chi connectivity index (χ1v) is 10.3. The number of hydrogen-bond donors (Lipinski definition) is 0. The monoisotopic (exact) mass is 371 g/mol. The number of nitrogens with zero attached hydrogens (tertiary/aromatic N) is 3. The highest BCUT2D eigenvalue weighted by Crippen LogP contribution is 2.47. The lowest BCUT2D eigenvalue weighted by Gasteiger charge is -2.51. The zero-order valence-corrected chi connectivity index (χ0v) is 16.0. The molecule has 6 nitrogen and oxygen atoms in total. The molecule has 0 N–H and O–H groups in total. The van der Waals surface area contributed by atoms with Gasteiger partial charge in [0.25, 0.3) is 0 Å². The quantitative estimate of drug-likeness (QED) is 0.798. The van der Waals surface area contributed by atoms with Crippen LogP contribution in [0.25, 0.3) is 0 Å². The number of likely N-dealkylation sites (tertiary alicyclic amines) is 1. The van der Waals surface area contributed by atoms with Crippen molar-refractivity contribution in [3.8, 4) is 5.75 Å². The molecule has 3 atom stereocenters. The highest BCUT2D eigenvalue weighted by molar-refractivity contribution is 5.76. The molecule has 0 unspecified atom stereocenters. The van der Waals surface area contributed by atoms with Crippen LogP contribution in [0.5, 0.6) is 5.75 Å². The molecule has 5 saturated heterocycles. The highest BCUT2D eigenvalue weighted by atomic mass is 16.5. The van der Waals surface area contributed by atoms with Gasteiger partial charge >= 0.3 is 6.03 Å². The third-order valence-corrected chi connectivity index (χ3v) is 7.07. The van der Waals surface area contributed by atoms with Gasteiger partial charge in [-0.1, -0.05) is 12.1 Å². The van der Waals surface area contributed by atoms with Crippen molar-refractivity contribution in [2.45, 2.75) is 30.8 Å². The normalized spacial score (nSPS) is 35.2. The Morgan fingerprint density at radius 2 is 1.74 bits per heavy atom. The van der Waals surface area contributed by atoms with E-state index in [4.69, 9.17) is 9.47 Å². The van der Waals surface area contributed by atoms with E-state index < -0.39 is 0 Å². The molecule has 6 rings (SSSR count). The number of ether oxygens (including phenoxy) is 2. The summed E-state index contributed by atoms with van der Waals surface area (Å²) in [5.74, 6) is 1.92. The molecule has 0 radical (unpaired) electrons. The van der Waals surface area contributed by atoms with Crippen LogP contribution in [-0.4, -0.2) is 85.9 Å². The summed E-state index contributed by atoms with van der Waals surface area (Å²) in [6, 6.07) is 9.50. The minimum atomic E-state index is 0.220. The van der Waals surface area contributed by atoms with Crippen molar-refractivity contribution in [2.24, 2.45) is 5.92 Å². The Morgan fingerprint density at radius 3 is 2.41 bits per heavy atom. The van der Waals surface area contributed by atoms with Crippen LogP contribution in [0.4, 0.5) is 4.79 Å². The Morgan fingerprint density at radius 1 is 1.04 bits per heavy atom. The third kappa shape index (κ3) is 2.90. The largest absolute Gasteiger partial charge is 0.497 e. The second kappa shape index (κ2) is 6.99. The number of morpholine rings is 1. The fourth-order valence-corrected chi connectivity index (χ4v) is 5.72. The Bertz CT molecular complexity index is 680. The number of amides is 2. The molecule has 0 aliphatic carbocycles. The molecule has 6 heteroatoms. The van der Waals surface area contributed by atoms with Crippen molar-refractivity contribution in [2.75, 3.05) is 53.0 Å². The van der Waals surface area contributed by atoms with Crippen molar-refractivity contribution in [3.63, 3.8) is 0 Å². The third-order valence-electron chi connectivity index (χ3n) is 7.07. The molecular formula is C21H29N3O3. The lowest BCUT2D eigenvalue weighted by Crippen LogP contribution is -2.62. The maximum absolute atomic E-state index is 13.4. The second-order valence-electron chi connectivity index (χ2n) is 8.27. The summed E-state index contributed by atoms with van der Waals surface area (Å²) in [5, 5.41) is 0. The SMILES string of the molecule is COc1ccc([C@@H]2CN(C(=O)N3CCOCC3)[C@@H]3C4CCN(CC4)[C@@H]32)cc1. The Labute approximate surface area is 161 Å². The van der Waals surface area contributed by atoms with Gasteiger partial charge in [-0.05, 0) is 49.5 Å². The molecule has 5 aliphatic rings. The summed E-state index contributed by atoms with van der Waals surface area (Å²) in [5.41, 5.74) is 1.33. The molecule has 5 fully saturated rings. The Hall–Kier alpha value is -1.79. The fourth-order valence-electron chi connectivity index (χ4n) is 5.72. The molecule has 0 saturated carbocycles. The molecule has 5 aliphatic heterocycles. The van der Waals surface area contributed by atoms with Crippen LogP contribution in [0.1, 0.15) is 24.3 Å². The molecule has 1 aromatic rings. The van der Waals surface area contributed by atoms with Gasteiger partial charge in [0.05, 0.1) is 26.4 Å². The van der Waals surface area contributed by atoms with Crippen LogP contribution in [0.3, 0.4) is 0 Å². The lowest BCUT2D eigenvalue weighted by molar-refractivity contribution is -0.00721. The molecular weight excluding hydrogens is 342 g/mol. The maximum Gasteiger partial charge on any atom is 0.320 e. The number of benzene rings is 1. The summed E-state index contributed by atoms with van der Waals surface area (Å²) in [4.78, 5) is 20.2. The van der Waals surface area contributed by atoms with Crippen molar-refractivity contribution < 1.29 is 14.3 Å². The summed E-state index contributed by atoms with van der Waals surface area (Å²) < 4.78 is 10.8. The van der Waals surface area contributed by atoms with E-state index in [9.17, 15) is 4.79 Å². The zero-order chi connectivity index (χ0) is 18.4. The average Bonchev–Trinajstić information content (AvgIpc) is 3.18. The maximum atomic E-state index is 13.4. The number of piperidine rings is 3. The molecule has 5 heterocycles. The predicted octanol–water partition coefficient (Wildman–Crippen LogP) is 2.01. The van der Waals surface area contributed by atoms with Crippen molar-refractivity contribution in [1.82, 2.24) is 14.7 Å². The van der Waals surface area contributed by atoms with E-state index in [0.717, 1.165) is 12.3 Å². The van der Waals surface area contributed by atoms with Gasteiger partial charge in [-0.2, -0.15) is 0 Å². The zero-order valence-electron chi connectivity index (χ0n) is 16.0. The van der Waals surface area contributed by atoms with Gasteiger partial charge in [-0.3, -0.25) is 4.90 Å². The van der Waals surface area contributed by atoms with E-state index in [1.165, 1.54) is 31.5 Å².